The highest BCUT2D eigenvalue weighted by Crippen LogP contribution is 2.22. The predicted molar refractivity (Wildman–Crippen MR) is 122 cm³/mol. The number of hydrogen-bond acceptors (Lipinski definition) is 3. The third-order valence-corrected chi connectivity index (χ3v) is 6.16. The molecule has 1 aromatic carbocycles. The second-order valence-corrected chi connectivity index (χ2v) is 8.21. The normalized spacial score (nSPS) is 21.8. The van der Waals surface area contributed by atoms with Gasteiger partial charge in [-0.25, -0.2) is 0 Å². The number of nitrogens with one attached hydrogen (secondary N) is 2. The lowest BCUT2D eigenvalue weighted by atomic mass is 9.85. The van der Waals surface area contributed by atoms with Gasteiger partial charge in [-0.3, -0.25) is 4.79 Å². The van der Waals surface area contributed by atoms with Crippen molar-refractivity contribution in [2.45, 2.75) is 51.5 Å². The Bertz CT molecular complexity index is 544. The Kier molecular flexibility index (Phi) is 12.1. The molecular formula is C22H37Cl2N3O. The molecule has 2 saturated heterocycles. The fourth-order valence-electron chi connectivity index (χ4n) is 4.34. The summed E-state index contributed by atoms with van der Waals surface area (Å²) in [4.78, 5) is 14.9. The fraction of sp³-hybridized carbons (Fsp3) is 0.682. The Labute approximate surface area is 183 Å². The molecule has 28 heavy (non-hydrogen) atoms. The number of likely N-dealkylation sites (tertiary alicyclic amines) is 1. The summed E-state index contributed by atoms with van der Waals surface area (Å²) in [6, 6.07) is 11.1. The molecule has 2 atom stereocenters. The molecule has 0 aromatic heterocycles. The summed E-state index contributed by atoms with van der Waals surface area (Å²) in [6.45, 7) is 7.77. The molecule has 6 heteroatoms. The summed E-state index contributed by atoms with van der Waals surface area (Å²) in [7, 11) is 0. The zero-order valence-corrected chi connectivity index (χ0v) is 18.7. The summed E-state index contributed by atoms with van der Waals surface area (Å²) < 4.78 is 0. The molecular weight excluding hydrogens is 393 g/mol. The van der Waals surface area contributed by atoms with Crippen molar-refractivity contribution in [2.75, 3.05) is 32.7 Å². The summed E-state index contributed by atoms with van der Waals surface area (Å²) in [5.74, 6) is 1.40. The summed E-state index contributed by atoms with van der Waals surface area (Å²) in [5.41, 5.74) is 1.41. The first kappa shape index (κ1) is 25.2. The first-order valence-corrected chi connectivity index (χ1v) is 10.5. The summed E-state index contributed by atoms with van der Waals surface area (Å²) in [5, 5.41) is 6.76. The molecule has 1 amide bonds. The molecule has 2 N–H and O–H groups in total. The monoisotopic (exact) mass is 429 g/mol. The van der Waals surface area contributed by atoms with E-state index < -0.39 is 0 Å². The molecule has 2 fully saturated rings. The minimum Gasteiger partial charge on any atom is -0.353 e. The predicted octanol–water partition coefficient (Wildman–Crippen LogP) is 3.68. The van der Waals surface area contributed by atoms with Crippen molar-refractivity contribution < 1.29 is 4.79 Å². The number of amides is 1. The molecule has 2 aliphatic rings. The second kappa shape index (κ2) is 13.4. The van der Waals surface area contributed by atoms with E-state index in [1.54, 1.807) is 0 Å². The van der Waals surface area contributed by atoms with Crippen LogP contribution in [0, 0.1) is 11.8 Å². The van der Waals surface area contributed by atoms with Crippen molar-refractivity contribution in [3.05, 3.63) is 35.9 Å². The fourth-order valence-corrected chi connectivity index (χ4v) is 4.34. The van der Waals surface area contributed by atoms with Gasteiger partial charge >= 0.3 is 0 Å². The number of carbonyl (C=O) groups is 1. The van der Waals surface area contributed by atoms with Gasteiger partial charge < -0.3 is 15.5 Å². The third-order valence-electron chi connectivity index (χ3n) is 6.16. The van der Waals surface area contributed by atoms with E-state index in [1.807, 2.05) is 0 Å². The van der Waals surface area contributed by atoms with Gasteiger partial charge in [0.2, 0.25) is 5.91 Å². The lowest BCUT2D eigenvalue weighted by Crippen LogP contribution is -2.45. The molecule has 0 saturated carbocycles. The van der Waals surface area contributed by atoms with Gasteiger partial charge in [-0.1, -0.05) is 37.3 Å². The maximum Gasteiger partial charge on any atom is 0.220 e. The lowest BCUT2D eigenvalue weighted by Gasteiger charge is -2.33. The van der Waals surface area contributed by atoms with Crippen molar-refractivity contribution in [3.63, 3.8) is 0 Å². The minimum absolute atomic E-state index is 0. The van der Waals surface area contributed by atoms with Crippen LogP contribution in [-0.2, 0) is 11.2 Å². The van der Waals surface area contributed by atoms with Crippen LogP contribution in [-0.4, -0.2) is 49.6 Å². The molecule has 3 rings (SSSR count). The number of halogens is 2. The zero-order chi connectivity index (χ0) is 18.2. The largest absolute Gasteiger partial charge is 0.353 e. The second-order valence-electron chi connectivity index (χ2n) is 8.21. The van der Waals surface area contributed by atoms with Gasteiger partial charge in [0.05, 0.1) is 0 Å². The van der Waals surface area contributed by atoms with Gasteiger partial charge in [0.1, 0.15) is 0 Å². The van der Waals surface area contributed by atoms with Crippen LogP contribution in [0.4, 0.5) is 0 Å². The number of piperidine rings is 2. The van der Waals surface area contributed by atoms with E-state index in [2.05, 4.69) is 52.8 Å². The van der Waals surface area contributed by atoms with Crippen molar-refractivity contribution in [1.82, 2.24) is 15.5 Å². The van der Waals surface area contributed by atoms with Crippen molar-refractivity contribution in [1.29, 1.82) is 0 Å². The van der Waals surface area contributed by atoms with Gasteiger partial charge in [-0.2, -0.15) is 0 Å². The lowest BCUT2D eigenvalue weighted by molar-refractivity contribution is -0.123. The number of nitrogens with zero attached hydrogens (tertiary/aromatic N) is 1. The highest BCUT2D eigenvalue weighted by molar-refractivity contribution is 5.85. The Morgan fingerprint density at radius 1 is 1.18 bits per heavy atom. The van der Waals surface area contributed by atoms with E-state index >= 15 is 0 Å². The highest BCUT2D eigenvalue weighted by atomic mass is 35.5. The summed E-state index contributed by atoms with van der Waals surface area (Å²) in [6.07, 6.45) is 6.48. The third kappa shape index (κ3) is 8.28. The molecule has 4 nitrogen and oxygen atoms in total. The average molecular weight is 430 g/mol. The smallest absolute Gasteiger partial charge is 0.220 e. The Balaban J connectivity index is 0.00000196. The van der Waals surface area contributed by atoms with E-state index in [9.17, 15) is 4.79 Å². The molecule has 0 aliphatic carbocycles. The maximum atomic E-state index is 12.4. The van der Waals surface area contributed by atoms with Crippen LogP contribution in [0.1, 0.15) is 44.6 Å². The Morgan fingerprint density at radius 3 is 2.54 bits per heavy atom. The van der Waals surface area contributed by atoms with Crippen molar-refractivity contribution in [3.8, 4) is 0 Å². The number of benzene rings is 1. The molecule has 160 valence electrons. The van der Waals surface area contributed by atoms with Gasteiger partial charge in [0, 0.05) is 32.1 Å². The van der Waals surface area contributed by atoms with E-state index in [0.29, 0.717) is 24.3 Å². The van der Waals surface area contributed by atoms with Crippen molar-refractivity contribution >= 4 is 30.7 Å². The van der Waals surface area contributed by atoms with E-state index in [4.69, 9.17) is 0 Å². The Morgan fingerprint density at radius 2 is 1.89 bits per heavy atom. The molecule has 2 unspecified atom stereocenters. The van der Waals surface area contributed by atoms with E-state index in [1.165, 1.54) is 18.4 Å². The van der Waals surface area contributed by atoms with Crippen LogP contribution in [0.25, 0.3) is 0 Å². The molecule has 2 aliphatic heterocycles. The quantitative estimate of drug-likeness (QED) is 0.694. The van der Waals surface area contributed by atoms with Crippen LogP contribution in [0.3, 0.4) is 0 Å². The van der Waals surface area contributed by atoms with Gasteiger partial charge in [-0.15, -0.1) is 24.8 Å². The van der Waals surface area contributed by atoms with Crippen LogP contribution in [0.2, 0.25) is 0 Å². The van der Waals surface area contributed by atoms with E-state index in [0.717, 1.165) is 52.0 Å². The molecule has 0 bridgehead atoms. The van der Waals surface area contributed by atoms with Crippen LogP contribution in [0.5, 0.6) is 0 Å². The molecule has 2 heterocycles. The first-order chi connectivity index (χ1) is 12.7. The van der Waals surface area contributed by atoms with E-state index in [-0.39, 0.29) is 30.7 Å². The highest BCUT2D eigenvalue weighted by Gasteiger charge is 2.24. The van der Waals surface area contributed by atoms with Gasteiger partial charge in [0.25, 0.3) is 0 Å². The SMILES string of the molecule is CC(CC(=O)NC1CCN(CCc2ccccc2)CC1)C1CCCNC1.Cl.Cl. The van der Waals surface area contributed by atoms with Crippen LogP contribution < -0.4 is 10.6 Å². The molecule has 1 aromatic rings. The molecule has 0 spiro atoms. The number of rotatable bonds is 7. The van der Waals surface area contributed by atoms with Gasteiger partial charge in [-0.05, 0) is 62.6 Å². The molecule has 0 radical (unpaired) electrons. The average Bonchev–Trinajstić information content (AvgIpc) is 2.69. The van der Waals surface area contributed by atoms with Crippen LogP contribution >= 0.6 is 24.8 Å². The number of carbonyl (C=O) groups excluding carboxylic acids is 1. The van der Waals surface area contributed by atoms with Crippen LogP contribution in [0.15, 0.2) is 30.3 Å². The Hall–Kier alpha value is -0.810. The maximum absolute atomic E-state index is 12.4. The zero-order valence-electron chi connectivity index (χ0n) is 17.1. The summed E-state index contributed by atoms with van der Waals surface area (Å²) >= 11 is 0. The topological polar surface area (TPSA) is 44.4 Å². The van der Waals surface area contributed by atoms with Gasteiger partial charge in [0.15, 0.2) is 0 Å². The standard InChI is InChI=1S/C22H35N3O.2ClH/c1-18(20-8-5-12-23-17-20)16-22(26)24-21-10-14-25(15-11-21)13-9-19-6-3-2-4-7-19;;/h2-4,6-7,18,20-21,23H,5,8-17H2,1H3,(H,24,26);2*1H. The number of hydrogen-bond donors (Lipinski definition) is 2. The minimum atomic E-state index is 0. The first-order valence-electron chi connectivity index (χ1n) is 10.5. The van der Waals surface area contributed by atoms with Crippen molar-refractivity contribution in [2.24, 2.45) is 11.8 Å².